The number of hydrogen-bond acceptors (Lipinski definition) is 5. The molecule has 0 spiro atoms. The van der Waals surface area contributed by atoms with E-state index in [-0.39, 0.29) is 23.5 Å². The highest BCUT2D eigenvalue weighted by molar-refractivity contribution is 7.91. The highest BCUT2D eigenvalue weighted by atomic mass is 32.2. The van der Waals surface area contributed by atoms with Crippen molar-refractivity contribution in [1.82, 2.24) is 14.8 Å². The van der Waals surface area contributed by atoms with Crippen LogP contribution in [-0.4, -0.2) is 40.6 Å². The first-order valence-electron chi connectivity index (χ1n) is 7.36. The van der Waals surface area contributed by atoms with Gasteiger partial charge in [0, 0.05) is 11.8 Å². The Kier molecular flexibility index (Phi) is 3.93. The van der Waals surface area contributed by atoms with E-state index in [2.05, 4.69) is 15.4 Å². The Bertz CT molecular complexity index is 857. The van der Waals surface area contributed by atoms with Crippen molar-refractivity contribution in [2.24, 2.45) is 0 Å². The maximum Gasteiger partial charge on any atom is 0.275 e. The minimum absolute atomic E-state index is 0.0552. The van der Waals surface area contributed by atoms with Crippen LogP contribution in [0.1, 0.15) is 34.3 Å². The van der Waals surface area contributed by atoms with E-state index in [1.165, 1.54) is 0 Å². The molecule has 2 aromatic rings. The quantitative estimate of drug-likeness (QED) is 0.918. The summed E-state index contributed by atoms with van der Waals surface area (Å²) in [4.78, 5) is 16.5. The normalized spacial score (nSPS) is 19.7. The topological polar surface area (TPSA) is 94.0 Å². The van der Waals surface area contributed by atoms with Gasteiger partial charge in [-0.25, -0.2) is 18.1 Å². The molecule has 0 aliphatic carbocycles. The average molecular weight is 334 g/mol. The number of sulfone groups is 1. The first-order valence-corrected chi connectivity index (χ1v) is 9.18. The molecule has 122 valence electrons. The number of hydrogen-bond donors (Lipinski definition) is 1. The van der Waals surface area contributed by atoms with Crippen LogP contribution in [0.3, 0.4) is 0 Å². The number of aryl methyl sites for hydroxylation is 2. The first-order chi connectivity index (χ1) is 10.8. The fourth-order valence-electron chi connectivity index (χ4n) is 2.71. The molecule has 1 N–H and O–H groups in total. The smallest absolute Gasteiger partial charge is 0.275 e. The summed E-state index contributed by atoms with van der Waals surface area (Å²) in [6.07, 6.45) is 0.509. The van der Waals surface area contributed by atoms with Crippen LogP contribution in [0.15, 0.2) is 24.3 Å². The lowest BCUT2D eigenvalue weighted by Gasteiger charge is -2.13. The highest BCUT2D eigenvalue weighted by Crippen LogP contribution is 2.27. The third-order valence-corrected chi connectivity index (χ3v) is 5.53. The summed E-state index contributed by atoms with van der Waals surface area (Å²) < 4.78 is 25.0. The van der Waals surface area contributed by atoms with Gasteiger partial charge in [-0.15, -0.1) is 0 Å². The molecule has 1 fully saturated rings. The molecule has 1 unspecified atom stereocenters. The van der Waals surface area contributed by atoms with E-state index < -0.39 is 9.84 Å². The number of carbonyl (C=O) groups is 1. The first kappa shape index (κ1) is 15.7. The van der Waals surface area contributed by atoms with Crippen LogP contribution in [0.25, 0.3) is 0 Å². The SMILES string of the molecule is Cc1cccc(C(=O)Nc2cc(C)nn2C2CCS(=O)(=O)C2)n1. The number of nitrogens with zero attached hydrogens (tertiary/aromatic N) is 3. The second kappa shape index (κ2) is 5.77. The Hall–Kier alpha value is -2.22. The maximum atomic E-state index is 12.3. The molecule has 1 aliphatic heterocycles. The molecule has 0 radical (unpaired) electrons. The van der Waals surface area contributed by atoms with Crippen LogP contribution in [0.4, 0.5) is 5.82 Å². The van der Waals surface area contributed by atoms with Crippen molar-refractivity contribution in [2.75, 3.05) is 16.8 Å². The van der Waals surface area contributed by atoms with Crippen molar-refractivity contribution >= 4 is 21.6 Å². The third kappa shape index (κ3) is 3.42. The van der Waals surface area contributed by atoms with Gasteiger partial charge in [-0.2, -0.15) is 5.10 Å². The van der Waals surface area contributed by atoms with Gasteiger partial charge in [-0.3, -0.25) is 4.79 Å². The van der Waals surface area contributed by atoms with E-state index in [0.717, 1.165) is 11.4 Å². The molecule has 7 nitrogen and oxygen atoms in total. The van der Waals surface area contributed by atoms with Crippen molar-refractivity contribution in [1.29, 1.82) is 0 Å². The molecule has 1 atom stereocenters. The van der Waals surface area contributed by atoms with E-state index in [1.54, 1.807) is 29.8 Å². The fraction of sp³-hybridized carbons (Fsp3) is 0.400. The van der Waals surface area contributed by atoms with Gasteiger partial charge in [0.25, 0.3) is 5.91 Å². The van der Waals surface area contributed by atoms with Crippen molar-refractivity contribution in [3.8, 4) is 0 Å². The zero-order chi connectivity index (χ0) is 16.6. The number of carbonyl (C=O) groups excluding carboxylic acids is 1. The zero-order valence-electron chi connectivity index (χ0n) is 13.0. The van der Waals surface area contributed by atoms with Crippen molar-refractivity contribution in [2.45, 2.75) is 26.3 Å². The highest BCUT2D eigenvalue weighted by Gasteiger charge is 2.31. The summed E-state index contributed by atoms with van der Waals surface area (Å²) in [5.41, 5.74) is 1.79. The summed E-state index contributed by atoms with van der Waals surface area (Å²) in [7, 11) is -3.02. The molecule has 1 saturated heterocycles. The van der Waals surface area contributed by atoms with Crippen molar-refractivity contribution in [3.63, 3.8) is 0 Å². The molecular weight excluding hydrogens is 316 g/mol. The molecule has 0 aromatic carbocycles. The second-order valence-corrected chi connectivity index (χ2v) is 8.02. The van der Waals surface area contributed by atoms with Crippen LogP contribution >= 0.6 is 0 Å². The van der Waals surface area contributed by atoms with E-state index in [1.807, 2.05) is 13.0 Å². The molecule has 0 bridgehead atoms. The van der Waals surface area contributed by atoms with E-state index in [4.69, 9.17) is 0 Å². The van der Waals surface area contributed by atoms with Crippen molar-refractivity contribution in [3.05, 3.63) is 41.3 Å². The Labute approximate surface area is 134 Å². The van der Waals surface area contributed by atoms with E-state index in [9.17, 15) is 13.2 Å². The number of amides is 1. The summed E-state index contributed by atoms with van der Waals surface area (Å²) in [5, 5.41) is 7.12. The number of anilines is 1. The Morgan fingerprint density at radius 1 is 1.30 bits per heavy atom. The van der Waals surface area contributed by atoms with Crippen LogP contribution in [0.5, 0.6) is 0 Å². The van der Waals surface area contributed by atoms with Crippen LogP contribution in [0.2, 0.25) is 0 Å². The lowest BCUT2D eigenvalue weighted by Crippen LogP contribution is -2.20. The monoisotopic (exact) mass is 334 g/mol. The lowest BCUT2D eigenvalue weighted by atomic mass is 10.2. The third-order valence-electron chi connectivity index (χ3n) is 3.77. The number of pyridine rings is 1. The molecular formula is C15H18N4O3S. The molecule has 1 aliphatic rings. The van der Waals surface area contributed by atoms with Gasteiger partial charge < -0.3 is 5.32 Å². The van der Waals surface area contributed by atoms with E-state index in [0.29, 0.717) is 17.9 Å². The summed E-state index contributed by atoms with van der Waals surface area (Å²) >= 11 is 0. The number of rotatable bonds is 3. The van der Waals surface area contributed by atoms with Gasteiger partial charge in [0.15, 0.2) is 9.84 Å². The molecule has 23 heavy (non-hydrogen) atoms. The number of nitrogens with one attached hydrogen (secondary N) is 1. The van der Waals surface area contributed by atoms with Crippen molar-refractivity contribution < 1.29 is 13.2 Å². The Morgan fingerprint density at radius 3 is 2.74 bits per heavy atom. The lowest BCUT2D eigenvalue weighted by molar-refractivity contribution is 0.102. The second-order valence-electron chi connectivity index (χ2n) is 5.79. The van der Waals surface area contributed by atoms with Crippen LogP contribution in [-0.2, 0) is 9.84 Å². The zero-order valence-corrected chi connectivity index (χ0v) is 13.8. The van der Waals surface area contributed by atoms with Gasteiger partial charge in [-0.1, -0.05) is 6.07 Å². The molecule has 8 heteroatoms. The minimum Gasteiger partial charge on any atom is -0.305 e. The minimum atomic E-state index is -3.02. The van der Waals surface area contributed by atoms with Gasteiger partial charge in [0.05, 0.1) is 23.2 Å². The van der Waals surface area contributed by atoms with Gasteiger partial charge >= 0.3 is 0 Å². The molecule has 2 aromatic heterocycles. The van der Waals surface area contributed by atoms with E-state index >= 15 is 0 Å². The van der Waals surface area contributed by atoms with Crippen LogP contribution in [0, 0.1) is 13.8 Å². The summed E-state index contributed by atoms with van der Waals surface area (Å²) in [5.74, 6) is 0.372. The standard InChI is InChI=1S/C15H18N4O3S/c1-10-4-3-5-13(16-10)15(20)17-14-8-11(2)18-19(14)12-6-7-23(21,22)9-12/h3-5,8,12H,6-7,9H2,1-2H3,(H,17,20). The largest absolute Gasteiger partial charge is 0.305 e. The molecule has 3 rings (SSSR count). The Balaban J connectivity index is 1.85. The van der Waals surface area contributed by atoms with Gasteiger partial charge in [0.2, 0.25) is 0 Å². The molecule has 3 heterocycles. The predicted octanol–water partition coefficient (Wildman–Crippen LogP) is 1.51. The average Bonchev–Trinajstić information content (AvgIpc) is 3.01. The summed E-state index contributed by atoms with van der Waals surface area (Å²) in [6, 6.07) is 6.71. The summed E-state index contributed by atoms with van der Waals surface area (Å²) in [6.45, 7) is 3.62. The number of aromatic nitrogens is 3. The molecule has 0 saturated carbocycles. The van der Waals surface area contributed by atoms with Gasteiger partial charge in [-0.05, 0) is 32.4 Å². The van der Waals surface area contributed by atoms with Gasteiger partial charge in [0.1, 0.15) is 11.5 Å². The molecule has 1 amide bonds. The van der Waals surface area contributed by atoms with Crippen LogP contribution < -0.4 is 5.32 Å². The Morgan fingerprint density at radius 2 is 2.09 bits per heavy atom. The predicted molar refractivity (Wildman–Crippen MR) is 86.2 cm³/mol. The maximum absolute atomic E-state index is 12.3. The fourth-order valence-corrected chi connectivity index (χ4v) is 4.40.